The quantitative estimate of drug-likeness (QED) is 0.235. The number of nitrogens with one attached hydrogen (secondary N) is 1. The summed E-state index contributed by atoms with van der Waals surface area (Å²) in [6.45, 7) is 6.19. The average molecular weight is 488 g/mol. The Labute approximate surface area is 212 Å². The van der Waals surface area contributed by atoms with E-state index in [1.165, 1.54) is 23.3 Å². The first-order valence-electron chi connectivity index (χ1n) is 12.7. The van der Waals surface area contributed by atoms with Crippen LogP contribution in [0.1, 0.15) is 53.0 Å². The second kappa shape index (κ2) is 12.3. The van der Waals surface area contributed by atoms with E-state index in [-0.39, 0.29) is 11.5 Å². The number of fused-ring (bicyclic) bond motifs is 1. The molecule has 0 aliphatic rings. The van der Waals surface area contributed by atoms with E-state index in [1.54, 1.807) is 12.1 Å². The Morgan fingerprint density at radius 1 is 0.944 bits per heavy atom. The summed E-state index contributed by atoms with van der Waals surface area (Å²) in [4.78, 5) is 17.0. The molecule has 0 aliphatic heterocycles. The first-order chi connectivity index (χ1) is 17.5. The van der Waals surface area contributed by atoms with Gasteiger partial charge in [-0.2, -0.15) is 0 Å². The summed E-state index contributed by atoms with van der Waals surface area (Å²) < 4.78 is 22.1. The molecule has 5 nitrogen and oxygen atoms in total. The zero-order chi connectivity index (χ0) is 25.3. The van der Waals surface area contributed by atoms with Gasteiger partial charge in [0.05, 0.1) is 23.2 Å². The van der Waals surface area contributed by atoms with Gasteiger partial charge in [-0.1, -0.05) is 36.8 Å². The summed E-state index contributed by atoms with van der Waals surface area (Å²) in [5.41, 5.74) is 4.67. The summed E-state index contributed by atoms with van der Waals surface area (Å²) in [5, 5.41) is 2.81. The number of rotatable bonds is 12. The summed E-state index contributed by atoms with van der Waals surface area (Å²) >= 11 is 0. The highest BCUT2D eigenvalue weighted by atomic mass is 19.1. The van der Waals surface area contributed by atoms with Crippen molar-refractivity contribution in [2.45, 2.75) is 52.5 Å². The smallest absolute Gasteiger partial charge is 0.254 e. The number of aromatic nitrogens is 2. The molecule has 0 saturated carbocycles. The number of benzene rings is 3. The SMILES string of the molecule is Cc1cc(C)cc(OCCCn2c(CCCCCNC(=O)c3ccccc3F)nc3ccccc32)c1. The topological polar surface area (TPSA) is 56.1 Å². The number of halogens is 1. The monoisotopic (exact) mass is 487 g/mol. The van der Waals surface area contributed by atoms with Crippen LogP contribution < -0.4 is 10.1 Å². The van der Waals surface area contributed by atoms with E-state index in [4.69, 9.17) is 9.72 Å². The standard InChI is InChI=1S/C30H34FN3O2/c1-22-19-23(2)21-24(20-22)36-18-10-17-34-28-14-8-7-13-27(28)33-29(34)15-4-3-9-16-32-30(35)25-11-5-6-12-26(25)31/h5-8,11-14,19-21H,3-4,9-10,15-18H2,1-2H3,(H,32,35). The van der Waals surface area contributed by atoms with Crippen LogP contribution in [0.3, 0.4) is 0 Å². The molecule has 0 radical (unpaired) electrons. The van der Waals surface area contributed by atoms with Gasteiger partial charge >= 0.3 is 0 Å². The Bertz CT molecular complexity index is 1290. The van der Waals surface area contributed by atoms with Gasteiger partial charge in [-0.05, 0) is 80.6 Å². The second-order valence-electron chi connectivity index (χ2n) is 9.24. The second-order valence-corrected chi connectivity index (χ2v) is 9.24. The summed E-state index contributed by atoms with van der Waals surface area (Å²) in [6.07, 6.45) is 4.52. The molecule has 0 bridgehead atoms. The number of carbonyl (C=O) groups excluding carboxylic acids is 1. The van der Waals surface area contributed by atoms with Crippen LogP contribution in [0.2, 0.25) is 0 Å². The maximum atomic E-state index is 13.7. The molecule has 0 spiro atoms. The number of hydrogen-bond donors (Lipinski definition) is 1. The Morgan fingerprint density at radius 2 is 1.69 bits per heavy atom. The number of nitrogens with zero attached hydrogens (tertiary/aromatic N) is 2. The molecular weight excluding hydrogens is 453 g/mol. The molecule has 1 N–H and O–H groups in total. The lowest BCUT2D eigenvalue weighted by atomic mass is 10.1. The van der Waals surface area contributed by atoms with E-state index in [9.17, 15) is 9.18 Å². The van der Waals surface area contributed by atoms with E-state index < -0.39 is 5.82 Å². The van der Waals surface area contributed by atoms with Crippen molar-refractivity contribution in [3.63, 3.8) is 0 Å². The number of imidazole rings is 1. The van der Waals surface area contributed by atoms with Gasteiger partial charge in [0.2, 0.25) is 0 Å². The Hall–Kier alpha value is -3.67. The van der Waals surface area contributed by atoms with Gasteiger partial charge in [0, 0.05) is 19.5 Å². The van der Waals surface area contributed by atoms with E-state index in [2.05, 4.69) is 60.1 Å². The molecule has 1 heterocycles. The summed E-state index contributed by atoms with van der Waals surface area (Å²) in [5.74, 6) is 1.15. The van der Waals surface area contributed by atoms with Crippen LogP contribution in [-0.4, -0.2) is 28.6 Å². The molecule has 4 aromatic rings. The largest absolute Gasteiger partial charge is 0.494 e. The molecule has 0 unspecified atom stereocenters. The van der Waals surface area contributed by atoms with Gasteiger partial charge in [0.15, 0.2) is 0 Å². The Balaban J connectivity index is 1.26. The summed E-state index contributed by atoms with van der Waals surface area (Å²) in [7, 11) is 0. The van der Waals surface area contributed by atoms with Crippen molar-refractivity contribution in [1.82, 2.24) is 14.9 Å². The molecule has 1 aromatic heterocycles. The van der Waals surface area contributed by atoms with E-state index in [0.29, 0.717) is 13.2 Å². The van der Waals surface area contributed by atoms with Gasteiger partial charge in [-0.3, -0.25) is 4.79 Å². The normalized spacial score (nSPS) is 11.1. The number of hydrogen-bond acceptors (Lipinski definition) is 3. The highest BCUT2D eigenvalue weighted by Gasteiger charge is 2.11. The molecule has 4 rings (SSSR count). The van der Waals surface area contributed by atoms with Gasteiger partial charge in [-0.15, -0.1) is 0 Å². The third-order valence-electron chi connectivity index (χ3n) is 6.20. The van der Waals surface area contributed by atoms with Crippen LogP contribution in [0, 0.1) is 19.7 Å². The lowest BCUT2D eigenvalue weighted by Crippen LogP contribution is -2.25. The third-order valence-corrected chi connectivity index (χ3v) is 6.20. The molecule has 1 amide bonds. The van der Waals surface area contributed by atoms with Crippen molar-refractivity contribution in [3.8, 4) is 5.75 Å². The first kappa shape index (κ1) is 25.4. The van der Waals surface area contributed by atoms with Crippen molar-refractivity contribution in [2.24, 2.45) is 0 Å². The first-order valence-corrected chi connectivity index (χ1v) is 12.7. The highest BCUT2D eigenvalue weighted by Crippen LogP contribution is 2.20. The van der Waals surface area contributed by atoms with Crippen LogP contribution >= 0.6 is 0 Å². The van der Waals surface area contributed by atoms with Crippen LogP contribution in [0.4, 0.5) is 4.39 Å². The van der Waals surface area contributed by atoms with Crippen LogP contribution in [-0.2, 0) is 13.0 Å². The van der Waals surface area contributed by atoms with E-state index in [1.807, 2.05) is 6.07 Å². The summed E-state index contributed by atoms with van der Waals surface area (Å²) in [6, 6.07) is 20.6. The van der Waals surface area contributed by atoms with Crippen molar-refractivity contribution in [2.75, 3.05) is 13.2 Å². The molecular formula is C30H34FN3O2. The third kappa shape index (κ3) is 6.72. The number of carbonyl (C=O) groups is 1. The maximum Gasteiger partial charge on any atom is 0.254 e. The molecule has 0 atom stereocenters. The van der Waals surface area contributed by atoms with Crippen LogP contribution in [0.25, 0.3) is 11.0 Å². The fourth-order valence-corrected chi connectivity index (χ4v) is 4.52. The van der Waals surface area contributed by atoms with Crippen LogP contribution in [0.5, 0.6) is 5.75 Å². The fourth-order valence-electron chi connectivity index (χ4n) is 4.52. The van der Waals surface area contributed by atoms with Gasteiger partial charge in [0.25, 0.3) is 5.91 Å². The Kier molecular flexibility index (Phi) is 8.71. The van der Waals surface area contributed by atoms with Crippen LogP contribution in [0.15, 0.2) is 66.7 Å². The number of para-hydroxylation sites is 2. The minimum Gasteiger partial charge on any atom is -0.494 e. The molecule has 188 valence electrons. The minimum absolute atomic E-state index is 0.0905. The van der Waals surface area contributed by atoms with Crippen molar-refractivity contribution < 1.29 is 13.9 Å². The molecule has 0 fully saturated rings. The Morgan fingerprint density at radius 3 is 2.50 bits per heavy atom. The number of unbranched alkanes of at least 4 members (excludes halogenated alkanes) is 2. The van der Waals surface area contributed by atoms with Gasteiger partial charge < -0.3 is 14.6 Å². The predicted molar refractivity (Wildman–Crippen MR) is 142 cm³/mol. The van der Waals surface area contributed by atoms with Crippen molar-refractivity contribution in [3.05, 3.63) is 95.1 Å². The van der Waals surface area contributed by atoms with Crippen molar-refractivity contribution >= 4 is 16.9 Å². The lowest BCUT2D eigenvalue weighted by molar-refractivity contribution is 0.0949. The zero-order valence-electron chi connectivity index (χ0n) is 21.1. The predicted octanol–water partition coefficient (Wildman–Crippen LogP) is 6.40. The van der Waals surface area contributed by atoms with E-state index >= 15 is 0 Å². The fraction of sp³-hybridized carbons (Fsp3) is 0.333. The number of amides is 1. The number of ether oxygens (including phenoxy) is 1. The molecule has 0 saturated heterocycles. The van der Waals surface area contributed by atoms with E-state index in [0.717, 1.165) is 61.3 Å². The van der Waals surface area contributed by atoms with Gasteiger partial charge in [-0.25, -0.2) is 9.37 Å². The number of aryl methyl sites for hydroxylation is 4. The molecule has 3 aromatic carbocycles. The zero-order valence-corrected chi connectivity index (χ0v) is 21.1. The lowest BCUT2D eigenvalue weighted by Gasteiger charge is -2.11. The molecule has 0 aliphatic carbocycles. The minimum atomic E-state index is -0.492. The maximum absolute atomic E-state index is 13.7. The van der Waals surface area contributed by atoms with Crippen molar-refractivity contribution in [1.29, 1.82) is 0 Å². The highest BCUT2D eigenvalue weighted by molar-refractivity contribution is 5.94. The molecule has 6 heteroatoms. The average Bonchev–Trinajstić information content (AvgIpc) is 3.21. The van der Waals surface area contributed by atoms with Gasteiger partial charge in [0.1, 0.15) is 17.4 Å². The molecule has 36 heavy (non-hydrogen) atoms.